The number of hydrogen-bond donors (Lipinski definition) is 0. The van der Waals surface area contributed by atoms with Crippen molar-refractivity contribution < 1.29 is 30.4 Å². The van der Waals surface area contributed by atoms with Crippen LogP contribution < -0.4 is 31.6 Å². The average Bonchev–Trinajstić information content (AvgIpc) is 2.50. The lowest BCUT2D eigenvalue weighted by Gasteiger charge is -2.06. The molecule has 0 saturated heterocycles. The van der Waals surface area contributed by atoms with Crippen LogP contribution in [0.5, 0.6) is 5.75 Å². The largest absolute Gasteiger partial charge is 0.489 e. The monoisotopic (exact) mass is 407 g/mol. The first kappa shape index (κ1) is 15.1. The van der Waals surface area contributed by atoms with Crippen molar-refractivity contribution in [2.75, 3.05) is 6.61 Å². The van der Waals surface area contributed by atoms with Crippen LogP contribution in [0.25, 0.3) is 11.0 Å². The first-order valence-electron chi connectivity index (χ1n) is 7.08. The molecular weight excluding hydrogens is 391 g/mol. The molecule has 22 heavy (non-hydrogen) atoms. The first-order valence-corrected chi connectivity index (χ1v) is 9.24. The highest BCUT2D eigenvalue weighted by Gasteiger charge is 2.23. The lowest BCUT2D eigenvalue weighted by Crippen LogP contribution is -3.61. The first-order chi connectivity index (χ1) is 10.7. The maximum absolute atomic E-state index is 11.5. The van der Waals surface area contributed by atoms with E-state index in [2.05, 4.69) is 30.3 Å². The van der Waals surface area contributed by atoms with Gasteiger partial charge in [0, 0.05) is 23.6 Å². The number of benzene rings is 2. The lowest BCUT2D eigenvalue weighted by atomic mass is 10.1. The predicted molar refractivity (Wildman–Crippen MR) is 82.2 cm³/mol. The standard InChI is InChI=1S/C18H16IO3/c1-3-21-17-11-16-14(12(2)9-18(20)22-16)10-15(17)19-13-7-5-4-6-8-13/h4-11H,3H2,1-2H3/q+1. The minimum absolute atomic E-state index is 0.321. The summed E-state index contributed by atoms with van der Waals surface area (Å²) in [5, 5.41) is 0.980. The molecule has 0 aliphatic carbocycles. The molecule has 0 aliphatic heterocycles. The molecule has 0 spiro atoms. The van der Waals surface area contributed by atoms with E-state index in [1.54, 1.807) is 0 Å². The van der Waals surface area contributed by atoms with E-state index in [9.17, 15) is 4.79 Å². The third kappa shape index (κ3) is 3.16. The summed E-state index contributed by atoms with van der Waals surface area (Å²) in [5.74, 6) is 0.820. The zero-order chi connectivity index (χ0) is 15.5. The van der Waals surface area contributed by atoms with Gasteiger partial charge in [0.2, 0.25) is 3.57 Å². The summed E-state index contributed by atoms with van der Waals surface area (Å²) in [6.45, 7) is 4.48. The van der Waals surface area contributed by atoms with E-state index in [1.165, 1.54) is 13.2 Å². The summed E-state index contributed by atoms with van der Waals surface area (Å²) < 4.78 is 13.6. The van der Waals surface area contributed by atoms with Gasteiger partial charge < -0.3 is 9.15 Å². The lowest BCUT2D eigenvalue weighted by molar-refractivity contribution is -0.598. The highest BCUT2D eigenvalue weighted by Crippen LogP contribution is 2.22. The van der Waals surface area contributed by atoms with Gasteiger partial charge in [-0.25, -0.2) is 4.79 Å². The van der Waals surface area contributed by atoms with Crippen molar-refractivity contribution in [1.82, 2.24) is 0 Å². The molecule has 0 atom stereocenters. The fourth-order valence-electron chi connectivity index (χ4n) is 2.25. The van der Waals surface area contributed by atoms with Gasteiger partial charge in [-0.15, -0.1) is 0 Å². The SMILES string of the molecule is CCOc1cc2oc(=O)cc(C)c2cc1[I+]c1ccccc1. The summed E-state index contributed by atoms with van der Waals surface area (Å²) in [5.41, 5.74) is 1.21. The summed E-state index contributed by atoms with van der Waals surface area (Å²) in [6, 6.07) is 15.9. The number of fused-ring (bicyclic) bond motifs is 1. The van der Waals surface area contributed by atoms with Crippen molar-refractivity contribution in [2.24, 2.45) is 0 Å². The molecule has 3 nitrogen and oxygen atoms in total. The van der Waals surface area contributed by atoms with Gasteiger partial charge in [0.15, 0.2) is 9.32 Å². The van der Waals surface area contributed by atoms with Crippen LogP contribution in [0.4, 0.5) is 0 Å². The van der Waals surface area contributed by atoms with Crippen LogP contribution in [0.2, 0.25) is 0 Å². The van der Waals surface area contributed by atoms with Crippen LogP contribution >= 0.6 is 0 Å². The van der Waals surface area contributed by atoms with Crippen molar-refractivity contribution in [2.45, 2.75) is 13.8 Å². The minimum Gasteiger partial charge on any atom is -0.489 e. The van der Waals surface area contributed by atoms with Gasteiger partial charge in [-0.05, 0) is 31.5 Å². The molecule has 3 aromatic rings. The van der Waals surface area contributed by atoms with E-state index < -0.39 is 0 Å². The predicted octanol–water partition coefficient (Wildman–Crippen LogP) is 0.629. The van der Waals surface area contributed by atoms with Crippen LogP contribution in [-0.4, -0.2) is 6.61 Å². The fraction of sp³-hybridized carbons (Fsp3) is 0.167. The Hall–Kier alpha value is -1.82. The maximum Gasteiger partial charge on any atom is 0.362 e. The molecule has 2 aromatic carbocycles. The van der Waals surface area contributed by atoms with Gasteiger partial charge in [-0.1, -0.05) is 18.2 Å². The van der Waals surface area contributed by atoms with E-state index in [1.807, 2.05) is 26.0 Å². The van der Waals surface area contributed by atoms with Gasteiger partial charge >= 0.3 is 26.8 Å². The van der Waals surface area contributed by atoms with Crippen molar-refractivity contribution in [1.29, 1.82) is 0 Å². The van der Waals surface area contributed by atoms with E-state index in [-0.39, 0.29) is 26.8 Å². The Morgan fingerprint density at radius 3 is 2.64 bits per heavy atom. The molecule has 0 saturated carbocycles. The second-order valence-electron chi connectivity index (χ2n) is 4.85. The molecule has 0 fully saturated rings. The summed E-state index contributed by atoms with van der Waals surface area (Å²) in [4.78, 5) is 11.5. The Morgan fingerprint density at radius 2 is 1.91 bits per heavy atom. The van der Waals surface area contributed by atoms with E-state index in [0.29, 0.717) is 12.2 Å². The van der Waals surface area contributed by atoms with Crippen LogP contribution in [-0.2, 0) is 0 Å². The fourth-order valence-corrected chi connectivity index (χ4v) is 4.74. The van der Waals surface area contributed by atoms with E-state index >= 15 is 0 Å². The Morgan fingerprint density at radius 1 is 1.14 bits per heavy atom. The van der Waals surface area contributed by atoms with Gasteiger partial charge in [-0.2, -0.15) is 0 Å². The van der Waals surface area contributed by atoms with Crippen molar-refractivity contribution >= 4 is 11.0 Å². The zero-order valence-corrected chi connectivity index (χ0v) is 14.6. The molecule has 3 rings (SSSR count). The number of aryl methyl sites for hydroxylation is 1. The normalized spacial score (nSPS) is 10.8. The average molecular weight is 407 g/mol. The van der Waals surface area contributed by atoms with Crippen molar-refractivity contribution in [3.63, 3.8) is 0 Å². The molecule has 0 radical (unpaired) electrons. The van der Waals surface area contributed by atoms with Gasteiger partial charge in [0.1, 0.15) is 5.58 Å². The van der Waals surface area contributed by atoms with Crippen LogP contribution in [0.3, 0.4) is 0 Å². The Labute approximate surface area is 139 Å². The third-order valence-electron chi connectivity index (χ3n) is 3.25. The molecule has 0 N–H and O–H groups in total. The highest BCUT2D eigenvalue weighted by molar-refractivity contribution is 5.81. The molecule has 0 amide bonds. The summed E-state index contributed by atoms with van der Waals surface area (Å²) in [6.07, 6.45) is 0. The zero-order valence-electron chi connectivity index (χ0n) is 12.4. The van der Waals surface area contributed by atoms with Gasteiger partial charge in [0.05, 0.1) is 6.61 Å². The summed E-state index contributed by atoms with van der Waals surface area (Å²) in [7, 11) is 0. The van der Waals surface area contributed by atoms with Crippen LogP contribution in [0, 0.1) is 14.1 Å². The van der Waals surface area contributed by atoms with Gasteiger partial charge in [-0.3, -0.25) is 0 Å². The van der Waals surface area contributed by atoms with Crippen molar-refractivity contribution in [3.05, 3.63) is 71.7 Å². The minimum atomic E-state index is -0.346. The maximum atomic E-state index is 11.5. The third-order valence-corrected chi connectivity index (χ3v) is 6.01. The van der Waals surface area contributed by atoms with Crippen LogP contribution in [0.15, 0.2) is 57.7 Å². The number of halogens is 1. The Kier molecular flexibility index (Phi) is 4.47. The van der Waals surface area contributed by atoms with E-state index in [0.717, 1.165) is 16.7 Å². The number of rotatable bonds is 4. The molecule has 4 heteroatoms. The quantitative estimate of drug-likeness (QED) is 0.471. The second kappa shape index (κ2) is 6.52. The summed E-state index contributed by atoms with van der Waals surface area (Å²) >= 11 is -0.346. The van der Waals surface area contributed by atoms with E-state index in [4.69, 9.17) is 9.15 Å². The Balaban J connectivity index is 2.14. The van der Waals surface area contributed by atoms with Crippen molar-refractivity contribution in [3.8, 4) is 5.75 Å². The molecule has 0 unspecified atom stereocenters. The molecule has 1 aromatic heterocycles. The molecule has 112 valence electrons. The molecule has 0 aliphatic rings. The smallest absolute Gasteiger partial charge is 0.362 e. The molecule has 0 bridgehead atoms. The topological polar surface area (TPSA) is 39.4 Å². The van der Waals surface area contributed by atoms with Gasteiger partial charge in [0.25, 0.3) is 0 Å². The molecule has 1 heterocycles. The Bertz CT molecular complexity index is 853. The second-order valence-corrected chi connectivity index (χ2v) is 7.80. The highest BCUT2D eigenvalue weighted by atomic mass is 127. The van der Waals surface area contributed by atoms with Crippen LogP contribution in [0.1, 0.15) is 12.5 Å². The number of hydrogen-bond acceptors (Lipinski definition) is 3. The molecular formula is C18H16IO3+. The number of ether oxygens (including phenoxy) is 1.